The minimum atomic E-state index is -0.0862. The summed E-state index contributed by atoms with van der Waals surface area (Å²) in [6, 6.07) is 1.72. The van der Waals surface area contributed by atoms with E-state index in [9.17, 15) is 4.79 Å². The number of likely N-dealkylation sites (N-methyl/N-ethyl adjacent to an activating group) is 2. The van der Waals surface area contributed by atoms with Crippen molar-refractivity contribution in [3.05, 3.63) is 23.5 Å². The van der Waals surface area contributed by atoms with E-state index in [0.29, 0.717) is 17.8 Å². The molecule has 0 aliphatic rings. The lowest BCUT2D eigenvalue weighted by Crippen LogP contribution is -2.33. The van der Waals surface area contributed by atoms with Gasteiger partial charge in [-0.2, -0.15) is 0 Å². The summed E-state index contributed by atoms with van der Waals surface area (Å²) < 4.78 is 0. The van der Waals surface area contributed by atoms with Crippen molar-refractivity contribution < 1.29 is 4.79 Å². The number of aromatic nitrogens is 1. The molecule has 1 rings (SSSR count). The van der Waals surface area contributed by atoms with Gasteiger partial charge in [-0.1, -0.05) is 0 Å². The van der Waals surface area contributed by atoms with Gasteiger partial charge in [0.2, 0.25) is 0 Å². The summed E-state index contributed by atoms with van der Waals surface area (Å²) in [5, 5.41) is 0. The molecule has 17 heavy (non-hydrogen) atoms. The highest BCUT2D eigenvalue weighted by Crippen LogP contribution is 2.13. The molecule has 2 N–H and O–H groups in total. The Morgan fingerprint density at radius 1 is 1.35 bits per heavy atom. The van der Waals surface area contributed by atoms with Crippen molar-refractivity contribution in [2.75, 3.05) is 40.0 Å². The molecular weight excluding hydrogens is 216 g/mol. The number of amides is 1. The lowest BCUT2D eigenvalue weighted by molar-refractivity contribution is 0.0787. The number of nitrogen functional groups attached to an aromatic ring is 1. The van der Waals surface area contributed by atoms with Crippen molar-refractivity contribution in [1.82, 2.24) is 14.8 Å². The molecule has 0 bridgehead atoms. The third kappa shape index (κ3) is 3.71. The van der Waals surface area contributed by atoms with Crippen molar-refractivity contribution >= 4 is 11.6 Å². The fraction of sp³-hybridized carbons (Fsp3) is 0.500. The van der Waals surface area contributed by atoms with Crippen LogP contribution in [0.1, 0.15) is 16.1 Å². The smallest absolute Gasteiger partial charge is 0.257 e. The lowest BCUT2D eigenvalue weighted by atomic mass is 10.2. The van der Waals surface area contributed by atoms with Crippen LogP contribution in [0.5, 0.6) is 0 Å². The number of aryl methyl sites for hydroxylation is 1. The van der Waals surface area contributed by atoms with Crippen molar-refractivity contribution in [1.29, 1.82) is 0 Å². The zero-order chi connectivity index (χ0) is 13.0. The fourth-order valence-electron chi connectivity index (χ4n) is 1.42. The van der Waals surface area contributed by atoms with E-state index >= 15 is 0 Å². The van der Waals surface area contributed by atoms with Gasteiger partial charge in [-0.05, 0) is 27.1 Å². The molecule has 1 aromatic rings. The van der Waals surface area contributed by atoms with E-state index in [0.717, 1.165) is 12.2 Å². The minimum absolute atomic E-state index is 0.0862. The van der Waals surface area contributed by atoms with E-state index in [2.05, 4.69) is 4.98 Å². The molecule has 1 amide bonds. The quantitative estimate of drug-likeness (QED) is 0.832. The van der Waals surface area contributed by atoms with Crippen molar-refractivity contribution in [2.24, 2.45) is 0 Å². The van der Waals surface area contributed by atoms with E-state index in [1.165, 1.54) is 0 Å². The molecule has 0 radical (unpaired) electrons. The van der Waals surface area contributed by atoms with Crippen LogP contribution in [0.2, 0.25) is 0 Å². The SMILES string of the molecule is Cc1cc(N)c(C(=O)N(C)CCN(C)C)cn1. The number of rotatable bonds is 4. The Balaban J connectivity index is 2.75. The van der Waals surface area contributed by atoms with Gasteiger partial charge < -0.3 is 15.5 Å². The summed E-state index contributed by atoms with van der Waals surface area (Å²) in [6.45, 7) is 3.33. The molecular formula is C12H20N4O. The first-order chi connectivity index (χ1) is 7.91. The maximum atomic E-state index is 12.1. The maximum absolute atomic E-state index is 12.1. The van der Waals surface area contributed by atoms with E-state index in [1.807, 2.05) is 25.9 Å². The number of hydrogen-bond acceptors (Lipinski definition) is 4. The first-order valence-corrected chi connectivity index (χ1v) is 5.54. The van der Waals surface area contributed by atoms with Gasteiger partial charge in [0.15, 0.2) is 0 Å². The van der Waals surface area contributed by atoms with Crippen LogP contribution >= 0.6 is 0 Å². The van der Waals surface area contributed by atoms with Crippen molar-refractivity contribution in [3.8, 4) is 0 Å². The molecule has 0 fully saturated rings. The van der Waals surface area contributed by atoms with Crippen LogP contribution in [0, 0.1) is 6.92 Å². The molecule has 5 nitrogen and oxygen atoms in total. The molecule has 0 saturated carbocycles. The third-order valence-electron chi connectivity index (χ3n) is 2.53. The average molecular weight is 236 g/mol. The Morgan fingerprint density at radius 3 is 2.53 bits per heavy atom. The summed E-state index contributed by atoms with van der Waals surface area (Å²) in [4.78, 5) is 19.9. The summed E-state index contributed by atoms with van der Waals surface area (Å²) in [5.41, 5.74) is 7.59. The standard InChI is InChI=1S/C12H20N4O/c1-9-7-11(13)10(8-14-9)12(17)16(4)6-5-15(2)3/h7-8H,5-6H2,1-4H3,(H2,13,14). The third-order valence-corrected chi connectivity index (χ3v) is 2.53. The van der Waals surface area contributed by atoms with E-state index in [-0.39, 0.29) is 5.91 Å². The van der Waals surface area contributed by atoms with Gasteiger partial charge in [-0.15, -0.1) is 0 Å². The average Bonchev–Trinajstić information content (AvgIpc) is 2.25. The molecule has 0 atom stereocenters. The van der Waals surface area contributed by atoms with Crippen LogP contribution in [0.4, 0.5) is 5.69 Å². The molecule has 0 saturated heterocycles. The Bertz CT molecular complexity index is 403. The molecule has 0 aliphatic heterocycles. The molecule has 0 spiro atoms. The fourth-order valence-corrected chi connectivity index (χ4v) is 1.42. The Kier molecular flexibility index (Phi) is 4.45. The van der Waals surface area contributed by atoms with Gasteiger partial charge in [0, 0.05) is 37.7 Å². The van der Waals surface area contributed by atoms with Crippen LogP contribution in [0.15, 0.2) is 12.3 Å². The highest BCUT2D eigenvalue weighted by Gasteiger charge is 2.15. The largest absolute Gasteiger partial charge is 0.398 e. The van der Waals surface area contributed by atoms with Gasteiger partial charge >= 0.3 is 0 Å². The normalized spacial score (nSPS) is 10.6. The first-order valence-electron chi connectivity index (χ1n) is 5.54. The number of anilines is 1. The second-order valence-corrected chi connectivity index (χ2v) is 4.44. The molecule has 0 aliphatic carbocycles. The van der Waals surface area contributed by atoms with E-state index < -0.39 is 0 Å². The summed E-state index contributed by atoms with van der Waals surface area (Å²) >= 11 is 0. The number of carbonyl (C=O) groups excluding carboxylic acids is 1. The second-order valence-electron chi connectivity index (χ2n) is 4.44. The monoisotopic (exact) mass is 236 g/mol. The van der Waals surface area contributed by atoms with Gasteiger partial charge in [-0.3, -0.25) is 9.78 Å². The first kappa shape index (κ1) is 13.4. The topological polar surface area (TPSA) is 62.5 Å². The second kappa shape index (κ2) is 5.63. The molecule has 94 valence electrons. The van der Waals surface area contributed by atoms with Crippen LogP contribution in [-0.2, 0) is 0 Å². The van der Waals surface area contributed by atoms with Gasteiger partial charge in [0.1, 0.15) is 0 Å². The molecule has 1 heterocycles. The van der Waals surface area contributed by atoms with Gasteiger partial charge in [0.25, 0.3) is 5.91 Å². The van der Waals surface area contributed by atoms with Crippen molar-refractivity contribution in [2.45, 2.75) is 6.92 Å². The van der Waals surface area contributed by atoms with E-state index in [4.69, 9.17) is 5.73 Å². The molecule has 0 unspecified atom stereocenters. The molecule has 1 aromatic heterocycles. The van der Waals surface area contributed by atoms with Crippen LogP contribution in [0.25, 0.3) is 0 Å². The van der Waals surface area contributed by atoms with Crippen molar-refractivity contribution in [3.63, 3.8) is 0 Å². The van der Waals surface area contributed by atoms with Gasteiger partial charge in [-0.25, -0.2) is 0 Å². The number of nitrogens with two attached hydrogens (primary N) is 1. The number of nitrogens with zero attached hydrogens (tertiary/aromatic N) is 3. The summed E-state index contributed by atoms with van der Waals surface area (Å²) in [6.07, 6.45) is 1.54. The van der Waals surface area contributed by atoms with Crippen LogP contribution in [0.3, 0.4) is 0 Å². The molecule has 0 aromatic carbocycles. The lowest BCUT2D eigenvalue weighted by Gasteiger charge is -2.20. The van der Waals surface area contributed by atoms with E-state index in [1.54, 1.807) is 24.2 Å². The maximum Gasteiger partial charge on any atom is 0.257 e. The van der Waals surface area contributed by atoms with Gasteiger partial charge in [0.05, 0.1) is 5.56 Å². The Hall–Kier alpha value is -1.62. The molecule has 5 heteroatoms. The summed E-state index contributed by atoms with van der Waals surface area (Å²) in [5.74, 6) is -0.0862. The minimum Gasteiger partial charge on any atom is -0.398 e. The zero-order valence-corrected chi connectivity index (χ0v) is 10.9. The highest BCUT2D eigenvalue weighted by molar-refractivity contribution is 5.98. The number of carbonyl (C=O) groups is 1. The number of pyridine rings is 1. The Morgan fingerprint density at radius 2 is 2.00 bits per heavy atom. The predicted molar refractivity (Wildman–Crippen MR) is 68.9 cm³/mol. The zero-order valence-electron chi connectivity index (χ0n) is 10.9. The van der Waals surface area contributed by atoms with Crippen LogP contribution in [-0.4, -0.2) is 54.9 Å². The predicted octanol–water partition coefficient (Wildman–Crippen LogP) is 0.606. The number of hydrogen-bond donors (Lipinski definition) is 1. The van der Waals surface area contributed by atoms with Crippen LogP contribution < -0.4 is 5.73 Å². The highest BCUT2D eigenvalue weighted by atomic mass is 16.2. The summed E-state index contributed by atoms with van der Waals surface area (Å²) in [7, 11) is 5.71. The Labute approximate surface area is 102 Å².